The van der Waals surface area contributed by atoms with E-state index in [1.54, 1.807) is 18.6 Å². The van der Waals surface area contributed by atoms with E-state index in [1.807, 2.05) is 19.1 Å². The molecule has 0 amide bonds. The van der Waals surface area contributed by atoms with Crippen LogP contribution in [0, 0.1) is 0 Å². The number of halogens is 1. The maximum atomic E-state index is 5.57. The Hall–Kier alpha value is -1.95. The number of anilines is 1. The molecule has 0 spiro atoms. The molecule has 0 aromatic carbocycles. The zero-order chi connectivity index (χ0) is 13.9. The van der Waals surface area contributed by atoms with Gasteiger partial charge < -0.3 is 9.73 Å². The number of aryl methyl sites for hydroxylation is 1. The van der Waals surface area contributed by atoms with Gasteiger partial charge in [-0.05, 0) is 28.1 Å². The smallest absolute Gasteiger partial charge is 0.213 e. The lowest BCUT2D eigenvalue weighted by atomic mass is 10.3. The van der Waals surface area contributed by atoms with Gasteiger partial charge in [0.25, 0.3) is 0 Å². The summed E-state index contributed by atoms with van der Waals surface area (Å²) in [6.07, 6.45) is 6.12. The summed E-state index contributed by atoms with van der Waals surface area (Å²) in [6.45, 7) is 2.56. The van der Waals surface area contributed by atoms with Gasteiger partial charge >= 0.3 is 0 Å². The van der Waals surface area contributed by atoms with Crippen molar-refractivity contribution >= 4 is 32.7 Å². The van der Waals surface area contributed by atoms with Crippen LogP contribution in [-0.2, 0) is 13.0 Å². The Morgan fingerprint density at radius 2 is 2.15 bits per heavy atom. The number of nitrogens with one attached hydrogen (secondary N) is 1. The maximum absolute atomic E-state index is 5.57. The monoisotopic (exact) mass is 332 g/mol. The van der Waals surface area contributed by atoms with Gasteiger partial charge in [-0.2, -0.15) is 0 Å². The highest BCUT2D eigenvalue weighted by atomic mass is 79.9. The van der Waals surface area contributed by atoms with Crippen molar-refractivity contribution in [1.82, 2.24) is 15.0 Å². The normalized spacial score (nSPS) is 10.9. The summed E-state index contributed by atoms with van der Waals surface area (Å²) < 4.78 is 6.48. The number of oxazole rings is 1. The lowest BCUT2D eigenvalue weighted by Crippen LogP contribution is -2.01. The second-order valence-corrected chi connectivity index (χ2v) is 5.22. The van der Waals surface area contributed by atoms with Crippen molar-refractivity contribution in [2.45, 2.75) is 19.9 Å². The predicted molar refractivity (Wildman–Crippen MR) is 80.4 cm³/mol. The molecule has 6 heteroatoms. The van der Waals surface area contributed by atoms with Gasteiger partial charge in [-0.15, -0.1) is 0 Å². The minimum absolute atomic E-state index is 0.525. The molecule has 0 aliphatic rings. The summed E-state index contributed by atoms with van der Waals surface area (Å²) in [7, 11) is 0. The van der Waals surface area contributed by atoms with Crippen LogP contribution in [-0.4, -0.2) is 15.0 Å². The van der Waals surface area contributed by atoms with Crippen molar-refractivity contribution in [1.29, 1.82) is 0 Å². The summed E-state index contributed by atoms with van der Waals surface area (Å²) in [4.78, 5) is 12.9. The zero-order valence-electron chi connectivity index (χ0n) is 10.9. The molecule has 0 fully saturated rings. The Bertz CT molecular complexity index is 741. The molecular weight excluding hydrogens is 320 g/mol. The third kappa shape index (κ3) is 2.65. The van der Waals surface area contributed by atoms with Crippen molar-refractivity contribution < 1.29 is 4.42 Å². The average Bonchev–Trinajstić information content (AvgIpc) is 2.92. The number of hydrogen-bond acceptors (Lipinski definition) is 5. The van der Waals surface area contributed by atoms with Crippen LogP contribution >= 0.6 is 15.9 Å². The topological polar surface area (TPSA) is 63.8 Å². The second-order valence-electron chi connectivity index (χ2n) is 4.31. The molecule has 3 rings (SSSR count). The summed E-state index contributed by atoms with van der Waals surface area (Å²) in [5.41, 5.74) is 2.59. The van der Waals surface area contributed by atoms with E-state index in [9.17, 15) is 0 Å². The van der Waals surface area contributed by atoms with Gasteiger partial charge in [0.05, 0.1) is 23.9 Å². The molecule has 102 valence electrons. The standard InChI is InChI=1S/C14H13BrN4O/c1-2-10-7-18-13(20-10)8-17-11-3-4-16-12-5-9(15)6-19-14(11)12/h3-7H,2,8H2,1H3,(H,16,17). The Balaban J connectivity index is 1.83. The van der Waals surface area contributed by atoms with Gasteiger partial charge in [0.1, 0.15) is 11.3 Å². The minimum atomic E-state index is 0.525. The van der Waals surface area contributed by atoms with Crippen LogP contribution in [0.5, 0.6) is 0 Å². The molecule has 0 saturated heterocycles. The number of rotatable bonds is 4. The first-order valence-corrected chi connectivity index (χ1v) is 7.13. The van der Waals surface area contributed by atoms with Gasteiger partial charge in [0, 0.05) is 23.3 Å². The van der Waals surface area contributed by atoms with E-state index in [1.165, 1.54) is 0 Å². The number of pyridine rings is 2. The average molecular weight is 333 g/mol. The third-order valence-corrected chi connectivity index (χ3v) is 3.36. The second kappa shape index (κ2) is 5.58. The Labute approximate surface area is 124 Å². The molecule has 1 N–H and O–H groups in total. The molecule has 3 heterocycles. The number of fused-ring (bicyclic) bond motifs is 1. The van der Waals surface area contributed by atoms with E-state index < -0.39 is 0 Å². The van der Waals surface area contributed by atoms with E-state index in [-0.39, 0.29) is 0 Å². The van der Waals surface area contributed by atoms with Crippen molar-refractivity contribution in [3.8, 4) is 0 Å². The molecule has 0 unspecified atom stereocenters. The van der Waals surface area contributed by atoms with Crippen LogP contribution in [0.3, 0.4) is 0 Å². The van der Waals surface area contributed by atoms with E-state index in [2.05, 4.69) is 36.2 Å². The van der Waals surface area contributed by atoms with Gasteiger partial charge in [-0.1, -0.05) is 6.92 Å². The molecule has 0 atom stereocenters. The lowest BCUT2D eigenvalue weighted by Gasteiger charge is -2.06. The van der Waals surface area contributed by atoms with Gasteiger partial charge in [-0.25, -0.2) is 4.98 Å². The first-order chi connectivity index (χ1) is 9.76. The fraction of sp³-hybridized carbons (Fsp3) is 0.214. The lowest BCUT2D eigenvalue weighted by molar-refractivity contribution is 0.466. The molecule has 0 aliphatic heterocycles. The number of hydrogen-bond donors (Lipinski definition) is 1. The summed E-state index contributed by atoms with van der Waals surface area (Å²) in [5.74, 6) is 1.56. The summed E-state index contributed by atoms with van der Waals surface area (Å²) >= 11 is 3.40. The molecule has 0 radical (unpaired) electrons. The van der Waals surface area contributed by atoms with Gasteiger partial charge in [0.15, 0.2) is 0 Å². The van der Waals surface area contributed by atoms with Crippen LogP contribution in [0.2, 0.25) is 0 Å². The Morgan fingerprint density at radius 3 is 2.95 bits per heavy atom. The largest absolute Gasteiger partial charge is 0.444 e. The van der Waals surface area contributed by atoms with E-state index >= 15 is 0 Å². The molecule has 0 saturated carbocycles. The van der Waals surface area contributed by atoms with E-state index in [4.69, 9.17) is 4.42 Å². The fourth-order valence-electron chi connectivity index (χ4n) is 1.91. The quantitative estimate of drug-likeness (QED) is 0.791. The van der Waals surface area contributed by atoms with Crippen molar-refractivity contribution in [2.24, 2.45) is 0 Å². The first kappa shape index (κ1) is 13.1. The summed E-state index contributed by atoms with van der Waals surface area (Å²) in [6, 6.07) is 3.83. The van der Waals surface area contributed by atoms with Crippen LogP contribution in [0.4, 0.5) is 5.69 Å². The molecule has 20 heavy (non-hydrogen) atoms. The van der Waals surface area contributed by atoms with Crippen LogP contribution < -0.4 is 5.32 Å². The molecule has 3 aromatic rings. The number of aromatic nitrogens is 3. The molecule has 5 nitrogen and oxygen atoms in total. The summed E-state index contributed by atoms with van der Waals surface area (Å²) in [5, 5.41) is 3.29. The van der Waals surface area contributed by atoms with Crippen molar-refractivity contribution in [2.75, 3.05) is 5.32 Å². The zero-order valence-corrected chi connectivity index (χ0v) is 12.5. The van der Waals surface area contributed by atoms with E-state index in [0.29, 0.717) is 12.4 Å². The predicted octanol–water partition coefficient (Wildman–Crippen LogP) is 3.55. The van der Waals surface area contributed by atoms with Crippen LogP contribution in [0.25, 0.3) is 11.0 Å². The SMILES string of the molecule is CCc1cnc(CNc2ccnc3cc(Br)cnc23)o1. The Morgan fingerprint density at radius 1 is 1.25 bits per heavy atom. The van der Waals surface area contributed by atoms with Gasteiger partial charge in [-0.3, -0.25) is 9.97 Å². The Kier molecular flexibility index (Phi) is 3.64. The van der Waals surface area contributed by atoms with Crippen molar-refractivity contribution in [3.05, 3.63) is 46.8 Å². The molecule has 0 bridgehead atoms. The molecular formula is C14H13BrN4O. The third-order valence-electron chi connectivity index (χ3n) is 2.92. The van der Waals surface area contributed by atoms with Crippen LogP contribution in [0.1, 0.15) is 18.6 Å². The highest BCUT2D eigenvalue weighted by molar-refractivity contribution is 9.10. The maximum Gasteiger partial charge on any atom is 0.213 e. The van der Waals surface area contributed by atoms with Crippen molar-refractivity contribution in [3.63, 3.8) is 0 Å². The number of nitrogens with zero attached hydrogens (tertiary/aromatic N) is 3. The molecule has 3 aromatic heterocycles. The van der Waals surface area contributed by atoms with E-state index in [0.717, 1.165) is 33.4 Å². The van der Waals surface area contributed by atoms with Gasteiger partial charge in [0.2, 0.25) is 5.89 Å². The first-order valence-electron chi connectivity index (χ1n) is 6.34. The highest BCUT2D eigenvalue weighted by Gasteiger charge is 2.06. The van der Waals surface area contributed by atoms with Crippen LogP contribution in [0.15, 0.2) is 39.6 Å². The molecule has 0 aliphatic carbocycles. The highest BCUT2D eigenvalue weighted by Crippen LogP contribution is 2.22. The minimum Gasteiger partial charge on any atom is -0.444 e. The fourth-order valence-corrected chi connectivity index (χ4v) is 2.23.